The van der Waals surface area contributed by atoms with Gasteiger partial charge >= 0.3 is 0 Å². The van der Waals surface area contributed by atoms with Gasteiger partial charge in [-0.15, -0.1) is 0 Å². The molecule has 78 valence electrons. The second-order valence-electron chi connectivity index (χ2n) is 2.80. The van der Waals surface area contributed by atoms with Crippen LogP contribution in [0.4, 0.5) is 17.6 Å². The molecule has 0 spiro atoms. The van der Waals surface area contributed by atoms with Crippen molar-refractivity contribution in [1.82, 2.24) is 0 Å². The summed E-state index contributed by atoms with van der Waals surface area (Å²) < 4.78 is 51.3. The lowest BCUT2D eigenvalue weighted by Gasteiger charge is -2.15. The van der Waals surface area contributed by atoms with Crippen LogP contribution in [0.2, 0.25) is 0 Å². The predicted molar refractivity (Wildman–Crippen MR) is 42.0 cm³/mol. The molecule has 14 heavy (non-hydrogen) atoms. The molecule has 0 saturated heterocycles. The van der Waals surface area contributed by atoms with E-state index in [1.165, 1.54) is 0 Å². The molecular weight excluding hydrogens is 200 g/mol. The van der Waals surface area contributed by atoms with Crippen molar-refractivity contribution in [3.63, 3.8) is 0 Å². The minimum absolute atomic E-state index is 0.390. The Kier molecular flexibility index (Phi) is 3.10. The Balaban J connectivity index is 3.06. The quantitative estimate of drug-likeness (QED) is 0.756. The highest BCUT2D eigenvalue weighted by atomic mass is 19.3. The summed E-state index contributed by atoms with van der Waals surface area (Å²) in [5.74, 6) is -5.68. The topological polar surface area (TPSA) is 20.2 Å². The van der Waals surface area contributed by atoms with Crippen LogP contribution in [-0.4, -0.2) is 11.7 Å². The zero-order valence-electron chi connectivity index (χ0n) is 7.11. The lowest BCUT2D eigenvalue weighted by molar-refractivity contribution is -0.0300. The summed E-state index contributed by atoms with van der Waals surface area (Å²) in [4.78, 5) is 0. The van der Waals surface area contributed by atoms with E-state index >= 15 is 0 Å². The Morgan fingerprint density at radius 3 is 2.36 bits per heavy atom. The number of hydrogen-bond acceptors (Lipinski definition) is 1. The van der Waals surface area contributed by atoms with E-state index in [0.717, 1.165) is 6.07 Å². The predicted octanol–water partition coefficient (Wildman–Crippen LogP) is 2.44. The average Bonchev–Trinajstić information content (AvgIpc) is 2.02. The van der Waals surface area contributed by atoms with E-state index in [1.54, 1.807) is 0 Å². The van der Waals surface area contributed by atoms with Crippen LogP contribution < -0.4 is 0 Å². The van der Waals surface area contributed by atoms with Gasteiger partial charge in [-0.05, 0) is 12.1 Å². The van der Waals surface area contributed by atoms with E-state index in [2.05, 4.69) is 0 Å². The maximum Gasteiger partial charge on any atom is 0.278 e. The van der Waals surface area contributed by atoms with Gasteiger partial charge in [-0.25, -0.2) is 17.6 Å². The molecule has 1 aromatic rings. The van der Waals surface area contributed by atoms with Crippen LogP contribution in [0.1, 0.15) is 12.0 Å². The zero-order valence-corrected chi connectivity index (χ0v) is 7.11. The maximum atomic E-state index is 13.0. The van der Waals surface area contributed by atoms with Crippen LogP contribution in [0.15, 0.2) is 18.2 Å². The molecule has 1 rings (SSSR count). The van der Waals surface area contributed by atoms with Crippen LogP contribution in [0, 0.1) is 11.6 Å². The van der Waals surface area contributed by atoms with Crippen molar-refractivity contribution in [3.8, 4) is 0 Å². The number of aliphatic hydroxyl groups is 1. The van der Waals surface area contributed by atoms with Gasteiger partial charge in [0.25, 0.3) is 5.92 Å². The molecule has 1 aromatic carbocycles. The highest BCUT2D eigenvalue weighted by molar-refractivity contribution is 5.23. The smallest absolute Gasteiger partial charge is 0.278 e. The van der Waals surface area contributed by atoms with Crippen molar-refractivity contribution in [2.75, 3.05) is 6.61 Å². The lowest BCUT2D eigenvalue weighted by Crippen LogP contribution is -2.17. The third-order valence-electron chi connectivity index (χ3n) is 1.75. The van der Waals surface area contributed by atoms with Crippen LogP contribution in [0.3, 0.4) is 0 Å². The van der Waals surface area contributed by atoms with Crippen molar-refractivity contribution < 1.29 is 22.7 Å². The van der Waals surface area contributed by atoms with E-state index in [1.807, 2.05) is 0 Å². The number of hydrogen-bond donors (Lipinski definition) is 1. The van der Waals surface area contributed by atoms with Gasteiger partial charge in [-0.2, -0.15) is 0 Å². The summed E-state index contributed by atoms with van der Waals surface area (Å²) in [7, 11) is 0. The highest BCUT2D eigenvalue weighted by Gasteiger charge is 2.33. The highest BCUT2D eigenvalue weighted by Crippen LogP contribution is 2.33. The number of alkyl halides is 2. The fourth-order valence-corrected chi connectivity index (χ4v) is 1.06. The zero-order chi connectivity index (χ0) is 10.8. The molecule has 5 heteroatoms. The molecule has 0 heterocycles. The fourth-order valence-electron chi connectivity index (χ4n) is 1.06. The van der Waals surface area contributed by atoms with Crippen LogP contribution in [0.5, 0.6) is 0 Å². The van der Waals surface area contributed by atoms with Gasteiger partial charge in [0.05, 0.1) is 5.56 Å². The van der Waals surface area contributed by atoms with Crippen LogP contribution in [0.25, 0.3) is 0 Å². The second kappa shape index (κ2) is 3.96. The lowest BCUT2D eigenvalue weighted by atomic mass is 10.1. The van der Waals surface area contributed by atoms with Gasteiger partial charge in [0.15, 0.2) is 0 Å². The summed E-state index contributed by atoms with van der Waals surface area (Å²) in [5.41, 5.74) is -0.895. The number of benzene rings is 1. The molecule has 0 bridgehead atoms. The number of rotatable bonds is 3. The van der Waals surface area contributed by atoms with Gasteiger partial charge in [-0.1, -0.05) is 0 Å². The van der Waals surface area contributed by atoms with Crippen molar-refractivity contribution in [1.29, 1.82) is 0 Å². The average molecular weight is 208 g/mol. The summed E-state index contributed by atoms with van der Waals surface area (Å²) in [6.07, 6.45) is -0.879. The molecule has 0 atom stereocenters. The number of halogens is 4. The molecule has 0 aromatic heterocycles. The molecule has 0 aliphatic rings. The summed E-state index contributed by atoms with van der Waals surface area (Å²) in [6.45, 7) is -0.760. The molecular formula is C9H8F4O. The van der Waals surface area contributed by atoms with E-state index in [4.69, 9.17) is 5.11 Å². The van der Waals surface area contributed by atoms with Gasteiger partial charge < -0.3 is 5.11 Å². The molecule has 0 aliphatic heterocycles. The van der Waals surface area contributed by atoms with E-state index in [0.29, 0.717) is 12.1 Å². The van der Waals surface area contributed by atoms with E-state index < -0.39 is 36.1 Å². The van der Waals surface area contributed by atoms with Crippen molar-refractivity contribution in [2.24, 2.45) is 0 Å². The molecule has 0 amide bonds. The molecule has 1 N–H and O–H groups in total. The van der Waals surface area contributed by atoms with Gasteiger partial charge in [-0.3, -0.25) is 0 Å². The number of aliphatic hydroxyl groups excluding tert-OH is 1. The Labute approximate surface area is 78.0 Å². The van der Waals surface area contributed by atoms with Crippen molar-refractivity contribution in [2.45, 2.75) is 12.3 Å². The minimum atomic E-state index is -3.47. The first-order valence-electron chi connectivity index (χ1n) is 3.91. The first-order chi connectivity index (χ1) is 6.47. The molecule has 0 fully saturated rings. The summed E-state index contributed by atoms with van der Waals surface area (Å²) in [5, 5.41) is 8.33. The maximum absolute atomic E-state index is 13.0. The van der Waals surface area contributed by atoms with Crippen LogP contribution >= 0.6 is 0 Å². The SMILES string of the molecule is OCCC(F)(F)c1ccc(F)cc1F. The first kappa shape index (κ1) is 11.0. The Morgan fingerprint density at radius 1 is 1.21 bits per heavy atom. The third kappa shape index (κ3) is 2.23. The van der Waals surface area contributed by atoms with Gasteiger partial charge in [0.1, 0.15) is 11.6 Å². The molecule has 0 radical (unpaired) electrons. The van der Waals surface area contributed by atoms with Crippen molar-refractivity contribution in [3.05, 3.63) is 35.4 Å². The monoisotopic (exact) mass is 208 g/mol. The minimum Gasteiger partial charge on any atom is -0.396 e. The molecule has 0 saturated carbocycles. The summed E-state index contributed by atoms with van der Waals surface area (Å²) >= 11 is 0. The first-order valence-corrected chi connectivity index (χ1v) is 3.91. The second-order valence-corrected chi connectivity index (χ2v) is 2.80. The largest absolute Gasteiger partial charge is 0.396 e. The fraction of sp³-hybridized carbons (Fsp3) is 0.333. The Hall–Kier alpha value is -1.10. The summed E-state index contributed by atoms with van der Waals surface area (Å²) in [6, 6.07) is 1.82. The molecule has 0 aliphatic carbocycles. The normalized spacial score (nSPS) is 11.8. The molecule has 0 unspecified atom stereocenters. The Morgan fingerprint density at radius 2 is 1.86 bits per heavy atom. The van der Waals surface area contributed by atoms with Gasteiger partial charge in [0, 0.05) is 19.1 Å². The van der Waals surface area contributed by atoms with E-state index in [9.17, 15) is 17.6 Å². The van der Waals surface area contributed by atoms with Crippen molar-refractivity contribution >= 4 is 0 Å². The third-order valence-corrected chi connectivity index (χ3v) is 1.75. The van der Waals surface area contributed by atoms with Crippen LogP contribution in [-0.2, 0) is 5.92 Å². The van der Waals surface area contributed by atoms with Gasteiger partial charge in [0.2, 0.25) is 0 Å². The van der Waals surface area contributed by atoms with E-state index in [-0.39, 0.29) is 0 Å². The molecule has 1 nitrogen and oxygen atoms in total. The standard InChI is InChI=1S/C9H8F4O/c10-6-1-2-7(8(11)5-6)9(12,13)3-4-14/h1-2,5,14H,3-4H2. The Bertz CT molecular complexity index is 325.